The Morgan fingerprint density at radius 1 is 1.11 bits per heavy atom. The van der Waals surface area contributed by atoms with E-state index in [1.54, 1.807) is 48.2 Å². The second-order valence-electron chi connectivity index (χ2n) is 9.22. The molecule has 2 aromatic rings. The van der Waals surface area contributed by atoms with Gasteiger partial charge in [-0.15, -0.1) is 0 Å². The molecule has 3 amide bonds. The monoisotopic (exact) mass is 492 g/mol. The predicted octanol–water partition coefficient (Wildman–Crippen LogP) is 2.25. The zero-order valence-corrected chi connectivity index (χ0v) is 20.3. The molecule has 2 aromatic carbocycles. The molecule has 3 aliphatic heterocycles. The number of carbonyl (C=O) groups excluding carboxylic acids is 4. The van der Waals surface area contributed by atoms with Gasteiger partial charge in [-0.25, -0.2) is 4.79 Å². The highest BCUT2D eigenvalue weighted by Gasteiger charge is 2.53. The van der Waals surface area contributed by atoms with Crippen LogP contribution in [0.1, 0.15) is 40.5 Å². The highest BCUT2D eigenvalue weighted by Crippen LogP contribution is 2.43. The number of amides is 3. The van der Waals surface area contributed by atoms with Crippen molar-refractivity contribution in [1.82, 2.24) is 4.90 Å². The van der Waals surface area contributed by atoms with Crippen LogP contribution in [0.15, 0.2) is 42.5 Å². The summed E-state index contributed by atoms with van der Waals surface area (Å²) in [6.07, 6.45) is 0.701. The lowest BCUT2D eigenvalue weighted by Gasteiger charge is -2.48. The Bertz CT molecular complexity index is 1240. The molecular formula is C26H28N4O6. The van der Waals surface area contributed by atoms with E-state index in [9.17, 15) is 19.2 Å². The maximum absolute atomic E-state index is 13.4. The number of benzene rings is 2. The second-order valence-corrected chi connectivity index (χ2v) is 9.22. The predicted molar refractivity (Wildman–Crippen MR) is 132 cm³/mol. The molecule has 1 unspecified atom stereocenters. The van der Waals surface area contributed by atoms with Crippen LogP contribution < -0.4 is 15.1 Å². The summed E-state index contributed by atoms with van der Waals surface area (Å²) in [4.78, 5) is 57.1. The number of esters is 1. The first-order valence-corrected chi connectivity index (χ1v) is 11.9. The molecule has 3 aliphatic rings. The van der Waals surface area contributed by atoms with E-state index >= 15 is 0 Å². The average molecular weight is 493 g/mol. The van der Waals surface area contributed by atoms with Gasteiger partial charge in [-0.3, -0.25) is 19.3 Å². The fourth-order valence-electron chi connectivity index (χ4n) is 5.21. The Balaban J connectivity index is 1.41. The molecule has 2 saturated heterocycles. The Kier molecular flexibility index (Phi) is 6.13. The third-order valence-corrected chi connectivity index (χ3v) is 7.11. The van der Waals surface area contributed by atoms with Crippen molar-refractivity contribution >= 4 is 40.8 Å². The summed E-state index contributed by atoms with van der Waals surface area (Å²) >= 11 is 0. The SMILES string of the molecule is COC(=O)c1cc(N2CCOCC2)ccc1NC(=O)CN1C(=O)c2ccccc2N2C(=O)CCC12C. The number of nitrogens with zero attached hydrogens (tertiary/aromatic N) is 3. The third kappa shape index (κ3) is 3.97. The Morgan fingerprint density at radius 3 is 2.61 bits per heavy atom. The van der Waals surface area contributed by atoms with Gasteiger partial charge in [0, 0.05) is 25.2 Å². The van der Waals surface area contributed by atoms with Crippen LogP contribution in [0.4, 0.5) is 17.1 Å². The summed E-state index contributed by atoms with van der Waals surface area (Å²) in [5, 5.41) is 2.78. The van der Waals surface area contributed by atoms with Crippen molar-refractivity contribution in [3.63, 3.8) is 0 Å². The molecule has 36 heavy (non-hydrogen) atoms. The second kappa shape index (κ2) is 9.27. The Morgan fingerprint density at radius 2 is 1.86 bits per heavy atom. The molecule has 1 N–H and O–H groups in total. The molecular weight excluding hydrogens is 464 g/mol. The van der Waals surface area contributed by atoms with Crippen LogP contribution in [0.5, 0.6) is 0 Å². The van der Waals surface area contributed by atoms with E-state index in [0.717, 1.165) is 5.69 Å². The quantitative estimate of drug-likeness (QED) is 0.638. The number of para-hydroxylation sites is 1. The van der Waals surface area contributed by atoms with Crippen molar-refractivity contribution in [3.8, 4) is 0 Å². The van der Waals surface area contributed by atoms with Gasteiger partial charge in [-0.05, 0) is 43.7 Å². The average Bonchev–Trinajstić information content (AvgIpc) is 3.21. The van der Waals surface area contributed by atoms with E-state index in [0.29, 0.717) is 49.7 Å². The molecule has 0 saturated carbocycles. The normalized spacial score (nSPS) is 21.2. The summed E-state index contributed by atoms with van der Waals surface area (Å²) in [6.45, 7) is 4.10. The number of carbonyl (C=O) groups is 4. The van der Waals surface area contributed by atoms with Gasteiger partial charge in [0.1, 0.15) is 12.2 Å². The number of methoxy groups -OCH3 is 1. The van der Waals surface area contributed by atoms with Crippen LogP contribution in [-0.4, -0.2) is 74.2 Å². The lowest BCUT2D eigenvalue weighted by Crippen LogP contribution is -2.63. The zero-order valence-electron chi connectivity index (χ0n) is 20.3. The third-order valence-electron chi connectivity index (χ3n) is 7.11. The molecule has 3 heterocycles. The van der Waals surface area contributed by atoms with E-state index in [1.165, 1.54) is 12.0 Å². The topological polar surface area (TPSA) is 108 Å². The summed E-state index contributed by atoms with van der Waals surface area (Å²) in [6, 6.07) is 12.1. The highest BCUT2D eigenvalue weighted by molar-refractivity contribution is 6.12. The van der Waals surface area contributed by atoms with Crippen LogP contribution >= 0.6 is 0 Å². The van der Waals surface area contributed by atoms with Crippen molar-refractivity contribution in [2.75, 3.05) is 55.1 Å². The molecule has 0 aliphatic carbocycles. The van der Waals surface area contributed by atoms with Crippen molar-refractivity contribution < 1.29 is 28.7 Å². The highest BCUT2D eigenvalue weighted by atomic mass is 16.5. The van der Waals surface area contributed by atoms with Gasteiger partial charge in [0.25, 0.3) is 5.91 Å². The Hall–Kier alpha value is -3.92. The summed E-state index contributed by atoms with van der Waals surface area (Å²) < 4.78 is 10.3. The molecule has 0 aromatic heterocycles. The lowest BCUT2D eigenvalue weighted by molar-refractivity contribution is -0.120. The van der Waals surface area contributed by atoms with E-state index in [1.807, 2.05) is 6.07 Å². The zero-order chi connectivity index (χ0) is 25.4. The minimum atomic E-state index is -0.953. The van der Waals surface area contributed by atoms with Crippen molar-refractivity contribution in [3.05, 3.63) is 53.6 Å². The van der Waals surface area contributed by atoms with Gasteiger partial charge in [0.2, 0.25) is 11.8 Å². The van der Waals surface area contributed by atoms with Gasteiger partial charge < -0.3 is 24.6 Å². The van der Waals surface area contributed by atoms with Crippen LogP contribution in [0, 0.1) is 0 Å². The number of nitrogens with one attached hydrogen (secondary N) is 1. The van der Waals surface area contributed by atoms with Gasteiger partial charge in [0.15, 0.2) is 0 Å². The number of morpholine rings is 1. The first kappa shape index (κ1) is 23.8. The van der Waals surface area contributed by atoms with Crippen LogP contribution in [-0.2, 0) is 19.1 Å². The van der Waals surface area contributed by atoms with E-state index < -0.39 is 17.5 Å². The molecule has 10 heteroatoms. The van der Waals surface area contributed by atoms with Crippen LogP contribution in [0.3, 0.4) is 0 Å². The van der Waals surface area contributed by atoms with Crippen molar-refractivity contribution in [2.45, 2.75) is 25.4 Å². The molecule has 0 bridgehead atoms. The van der Waals surface area contributed by atoms with Gasteiger partial charge >= 0.3 is 5.97 Å². The number of hydrogen-bond acceptors (Lipinski definition) is 7. The molecule has 2 fully saturated rings. The summed E-state index contributed by atoms with van der Waals surface area (Å²) in [5.41, 5.74) is 1.32. The molecule has 0 radical (unpaired) electrons. The summed E-state index contributed by atoms with van der Waals surface area (Å²) in [5.74, 6) is -1.46. The van der Waals surface area contributed by atoms with E-state index in [4.69, 9.17) is 9.47 Å². The van der Waals surface area contributed by atoms with E-state index in [2.05, 4.69) is 10.2 Å². The standard InChI is InChI=1S/C26H28N4O6/c1-26-10-9-23(32)30(26)21-6-4-3-5-18(21)24(33)29(26)16-22(31)27-20-8-7-17(15-19(20)25(34)35-2)28-11-13-36-14-12-28/h3-8,15H,9-14,16H2,1-2H3,(H,27,31). The number of fused-ring (bicyclic) bond motifs is 3. The molecule has 10 nitrogen and oxygen atoms in total. The maximum atomic E-state index is 13.4. The lowest BCUT2D eigenvalue weighted by atomic mass is 9.98. The fourth-order valence-corrected chi connectivity index (χ4v) is 5.21. The van der Waals surface area contributed by atoms with Crippen LogP contribution in [0.25, 0.3) is 0 Å². The number of anilines is 3. The van der Waals surface area contributed by atoms with Crippen molar-refractivity contribution in [1.29, 1.82) is 0 Å². The minimum Gasteiger partial charge on any atom is -0.465 e. The van der Waals surface area contributed by atoms with Gasteiger partial charge in [0.05, 0.1) is 42.8 Å². The maximum Gasteiger partial charge on any atom is 0.340 e. The molecule has 5 rings (SSSR count). The first-order valence-electron chi connectivity index (χ1n) is 11.9. The Labute approximate surface area is 208 Å². The minimum absolute atomic E-state index is 0.0884. The first-order chi connectivity index (χ1) is 17.3. The molecule has 1 atom stereocenters. The van der Waals surface area contributed by atoms with Gasteiger partial charge in [-0.1, -0.05) is 12.1 Å². The smallest absolute Gasteiger partial charge is 0.340 e. The molecule has 0 spiro atoms. The van der Waals surface area contributed by atoms with Gasteiger partial charge in [-0.2, -0.15) is 0 Å². The van der Waals surface area contributed by atoms with E-state index in [-0.39, 0.29) is 30.3 Å². The fraction of sp³-hybridized carbons (Fsp3) is 0.385. The van der Waals surface area contributed by atoms with Crippen molar-refractivity contribution in [2.24, 2.45) is 0 Å². The molecule has 188 valence electrons. The van der Waals surface area contributed by atoms with Crippen LogP contribution in [0.2, 0.25) is 0 Å². The largest absolute Gasteiger partial charge is 0.465 e. The number of hydrogen-bond donors (Lipinski definition) is 1. The number of rotatable bonds is 5. The number of ether oxygens (including phenoxy) is 2. The summed E-state index contributed by atoms with van der Waals surface area (Å²) in [7, 11) is 1.28.